The molecular formula is C27H27N3O7. The van der Waals surface area contributed by atoms with Crippen LogP contribution in [0.5, 0.6) is 11.5 Å². The van der Waals surface area contributed by atoms with Crippen molar-refractivity contribution >= 4 is 29.3 Å². The number of imide groups is 1. The van der Waals surface area contributed by atoms with Gasteiger partial charge in [-0.1, -0.05) is 36.4 Å². The highest BCUT2D eigenvalue weighted by Crippen LogP contribution is 2.33. The van der Waals surface area contributed by atoms with Crippen molar-refractivity contribution in [2.75, 3.05) is 25.3 Å². The Morgan fingerprint density at radius 3 is 2.32 bits per heavy atom. The van der Waals surface area contributed by atoms with E-state index in [0.29, 0.717) is 16.9 Å². The predicted molar refractivity (Wildman–Crippen MR) is 137 cm³/mol. The number of nitrogen functional groups attached to an aromatic ring is 1. The Morgan fingerprint density at radius 1 is 0.973 bits per heavy atom. The second-order valence-corrected chi connectivity index (χ2v) is 7.71. The molecule has 0 aliphatic rings. The molecule has 0 bridgehead atoms. The molecule has 3 amide bonds. The fourth-order valence-corrected chi connectivity index (χ4v) is 3.38. The molecule has 10 nitrogen and oxygen atoms in total. The van der Waals surface area contributed by atoms with E-state index in [2.05, 4.69) is 10.6 Å². The Balaban J connectivity index is 1.82. The monoisotopic (exact) mass is 505 g/mol. The van der Waals surface area contributed by atoms with E-state index in [0.717, 1.165) is 0 Å². The number of carbonyl (C=O) groups is 3. The third-order valence-corrected chi connectivity index (χ3v) is 5.24. The van der Waals surface area contributed by atoms with Crippen molar-refractivity contribution in [3.8, 4) is 11.5 Å². The lowest BCUT2D eigenvalue weighted by molar-refractivity contribution is -0.112. The molecule has 0 unspecified atom stereocenters. The minimum absolute atomic E-state index is 0.203. The smallest absolute Gasteiger partial charge is 0.414 e. The molecule has 0 fully saturated rings. The highest BCUT2D eigenvalue weighted by atomic mass is 16.6. The first kappa shape index (κ1) is 26.8. The molecule has 0 radical (unpaired) electrons. The minimum Gasteiger partial charge on any atom is -0.504 e. The van der Waals surface area contributed by atoms with Crippen molar-refractivity contribution in [2.24, 2.45) is 0 Å². The summed E-state index contributed by atoms with van der Waals surface area (Å²) in [6, 6.07) is 19.3. The van der Waals surface area contributed by atoms with Crippen LogP contribution in [-0.2, 0) is 14.3 Å². The molecule has 0 saturated heterocycles. The number of hydrogen-bond acceptors (Lipinski definition) is 8. The van der Waals surface area contributed by atoms with Gasteiger partial charge in [-0.05, 0) is 48.0 Å². The molecule has 3 aromatic rings. The van der Waals surface area contributed by atoms with Crippen molar-refractivity contribution in [2.45, 2.75) is 12.2 Å². The summed E-state index contributed by atoms with van der Waals surface area (Å²) >= 11 is 0. The molecule has 3 rings (SSSR count). The van der Waals surface area contributed by atoms with E-state index >= 15 is 0 Å². The van der Waals surface area contributed by atoms with Crippen LogP contribution in [-0.4, -0.2) is 43.3 Å². The van der Waals surface area contributed by atoms with E-state index in [1.807, 2.05) is 0 Å². The second kappa shape index (κ2) is 12.8. The summed E-state index contributed by atoms with van der Waals surface area (Å²) in [5.41, 5.74) is 7.27. The van der Waals surface area contributed by atoms with Crippen LogP contribution < -0.4 is 21.1 Å². The van der Waals surface area contributed by atoms with Gasteiger partial charge in [-0.2, -0.15) is 0 Å². The normalized spacial score (nSPS) is 12.4. The Bertz CT molecular complexity index is 1280. The van der Waals surface area contributed by atoms with Gasteiger partial charge in [0.05, 0.1) is 18.5 Å². The molecule has 192 valence electrons. The van der Waals surface area contributed by atoms with E-state index in [1.165, 1.54) is 38.5 Å². The summed E-state index contributed by atoms with van der Waals surface area (Å²) in [6.07, 6.45) is -0.605. The molecule has 5 N–H and O–H groups in total. The second-order valence-electron chi connectivity index (χ2n) is 7.71. The van der Waals surface area contributed by atoms with Crippen molar-refractivity contribution in [1.82, 2.24) is 5.32 Å². The van der Waals surface area contributed by atoms with Crippen molar-refractivity contribution in [3.05, 3.63) is 96.1 Å². The highest BCUT2D eigenvalue weighted by molar-refractivity contribution is 6.03. The number of ether oxygens (including phenoxy) is 3. The van der Waals surface area contributed by atoms with Crippen LogP contribution >= 0.6 is 0 Å². The summed E-state index contributed by atoms with van der Waals surface area (Å²) in [4.78, 5) is 37.5. The van der Waals surface area contributed by atoms with Gasteiger partial charge in [-0.25, -0.2) is 4.79 Å². The average Bonchev–Trinajstić information content (AvgIpc) is 2.90. The van der Waals surface area contributed by atoms with Crippen LogP contribution in [0.4, 0.5) is 16.2 Å². The molecule has 0 aliphatic heterocycles. The summed E-state index contributed by atoms with van der Waals surface area (Å²) < 4.78 is 16.1. The van der Waals surface area contributed by atoms with Gasteiger partial charge in [-0.3, -0.25) is 14.9 Å². The first-order valence-corrected chi connectivity index (χ1v) is 11.1. The maximum Gasteiger partial charge on any atom is 0.414 e. The molecule has 10 heteroatoms. The lowest BCUT2D eigenvalue weighted by Crippen LogP contribution is -2.34. The van der Waals surface area contributed by atoms with Gasteiger partial charge in [0.2, 0.25) is 5.91 Å². The number of aromatic hydroxyl groups is 1. The maximum absolute atomic E-state index is 12.6. The number of para-hydroxylation sites is 2. The third-order valence-electron chi connectivity index (χ3n) is 5.24. The molecule has 0 heterocycles. The largest absolute Gasteiger partial charge is 0.504 e. The number of benzene rings is 3. The van der Waals surface area contributed by atoms with Crippen molar-refractivity contribution in [3.63, 3.8) is 0 Å². The number of phenols is 1. The average molecular weight is 506 g/mol. The summed E-state index contributed by atoms with van der Waals surface area (Å²) in [7, 11) is 2.75. The van der Waals surface area contributed by atoms with E-state index in [9.17, 15) is 19.5 Å². The Kier molecular flexibility index (Phi) is 9.23. The van der Waals surface area contributed by atoms with Gasteiger partial charge >= 0.3 is 6.09 Å². The highest BCUT2D eigenvalue weighted by Gasteiger charge is 2.27. The predicted octanol–water partition coefficient (Wildman–Crippen LogP) is 3.80. The lowest BCUT2D eigenvalue weighted by atomic mass is 10.0. The quantitative estimate of drug-likeness (QED) is 0.253. The van der Waals surface area contributed by atoms with E-state index in [4.69, 9.17) is 19.9 Å². The van der Waals surface area contributed by atoms with Gasteiger partial charge in [0, 0.05) is 18.7 Å². The first-order chi connectivity index (χ1) is 17.8. The summed E-state index contributed by atoms with van der Waals surface area (Å²) in [5, 5.41) is 15.1. The van der Waals surface area contributed by atoms with Gasteiger partial charge in [0.15, 0.2) is 17.6 Å². The lowest BCUT2D eigenvalue weighted by Gasteiger charge is -2.24. The van der Waals surface area contributed by atoms with E-state index in [-0.39, 0.29) is 17.1 Å². The van der Waals surface area contributed by atoms with Gasteiger partial charge in [0.25, 0.3) is 5.91 Å². The summed E-state index contributed by atoms with van der Waals surface area (Å²) in [6.45, 7) is 0. The number of alkyl carbamates (subject to hydrolysis) is 1. The molecule has 2 atom stereocenters. The number of nitrogens with two attached hydrogens (primary N) is 1. The number of hydrogen-bond donors (Lipinski definition) is 4. The van der Waals surface area contributed by atoms with Crippen LogP contribution in [0.15, 0.2) is 84.9 Å². The zero-order valence-corrected chi connectivity index (χ0v) is 20.2. The van der Waals surface area contributed by atoms with Gasteiger partial charge < -0.3 is 30.4 Å². The number of amides is 3. The SMILES string of the molecule is COc1ccc([C@H](OC(=O)NC(=O)c2ccccc2)[C@H](/C=C/C(=O)Nc2ccccc2N)OC)cc1O. The maximum atomic E-state index is 12.6. The van der Waals surface area contributed by atoms with Crippen LogP contribution in [0.2, 0.25) is 0 Å². The standard InChI is InChI=1S/C27H27N3O7/c1-35-22-13-12-18(16-21(22)31)25(37-27(34)30-26(33)17-8-4-3-5-9-17)23(36-2)14-15-24(32)29-20-11-7-6-10-19(20)28/h3-16,23,25,31H,28H2,1-2H3,(H,29,32)(H,30,33,34)/b15-14+/t23-,25-/m0/s1. The Hall–Kier alpha value is -4.83. The number of carbonyl (C=O) groups excluding carboxylic acids is 3. The zero-order valence-electron chi connectivity index (χ0n) is 20.2. The van der Waals surface area contributed by atoms with Crippen molar-refractivity contribution in [1.29, 1.82) is 0 Å². The van der Waals surface area contributed by atoms with Crippen LogP contribution in [0.1, 0.15) is 22.0 Å². The fraction of sp³-hybridized carbons (Fsp3) is 0.148. The molecule has 37 heavy (non-hydrogen) atoms. The third kappa shape index (κ3) is 7.33. The number of methoxy groups -OCH3 is 2. The number of nitrogens with one attached hydrogen (secondary N) is 2. The fourth-order valence-electron chi connectivity index (χ4n) is 3.38. The van der Waals surface area contributed by atoms with Crippen LogP contribution in [0, 0.1) is 0 Å². The summed E-state index contributed by atoms with van der Waals surface area (Å²) in [5.74, 6) is -1.16. The van der Waals surface area contributed by atoms with Crippen molar-refractivity contribution < 1.29 is 33.7 Å². The number of anilines is 2. The van der Waals surface area contributed by atoms with Gasteiger partial charge in [0.1, 0.15) is 6.10 Å². The number of phenolic OH excluding ortho intramolecular Hbond substituents is 1. The molecular weight excluding hydrogens is 478 g/mol. The Morgan fingerprint density at radius 2 is 1.68 bits per heavy atom. The molecule has 3 aromatic carbocycles. The minimum atomic E-state index is -1.16. The molecule has 0 saturated carbocycles. The molecule has 0 spiro atoms. The zero-order chi connectivity index (χ0) is 26.8. The number of rotatable bonds is 9. The van der Waals surface area contributed by atoms with Crippen LogP contribution in [0.3, 0.4) is 0 Å². The van der Waals surface area contributed by atoms with Gasteiger partial charge in [-0.15, -0.1) is 0 Å². The molecule has 0 aromatic heterocycles. The topological polar surface area (TPSA) is 149 Å². The van der Waals surface area contributed by atoms with E-state index in [1.54, 1.807) is 60.7 Å². The van der Waals surface area contributed by atoms with E-state index < -0.39 is 30.1 Å². The Labute approximate surface area is 213 Å². The van der Waals surface area contributed by atoms with Crippen LogP contribution in [0.25, 0.3) is 0 Å². The first-order valence-electron chi connectivity index (χ1n) is 11.1. The molecule has 0 aliphatic carbocycles.